The van der Waals surface area contributed by atoms with Crippen LogP contribution in [0.2, 0.25) is 5.02 Å². The van der Waals surface area contributed by atoms with Gasteiger partial charge in [0.1, 0.15) is 5.75 Å². The van der Waals surface area contributed by atoms with E-state index in [-0.39, 0.29) is 5.38 Å². The third-order valence-corrected chi connectivity index (χ3v) is 3.87. The van der Waals surface area contributed by atoms with Gasteiger partial charge in [-0.1, -0.05) is 42.8 Å². The molecular formula is C16H16Cl2O. The number of hydrogen-bond acceptors (Lipinski definition) is 1. The molecular weight excluding hydrogens is 279 g/mol. The van der Waals surface area contributed by atoms with Crippen molar-refractivity contribution in [2.45, 2.75) is 18.7 Å². The number of hydrogen-bond donors (Lipinski definition) is 0. The van der Waals surface area contributed by atoms with E-state index in [0.29, 0.717) is 5.02 Å². The van der Waals surface area contributed by atoms with Crippen molar-refractivity contribution in [3.05, 3.63) is 64.2 Å². The lowest BCUT2D eigenvalue weighted by molar-refractivity contribution is 0.410. The molecule has 3 heteroatoms. The fourth-order valence-electron chi connectivity index (χ4n) is 2.01. The highest BCUT2D eigenvalue weighted by atomic mass is 35.5. The Morgan fingerprint density at radius 3 is 2.37 bits per heavy atom. The zero-order valence-electron chi connectivity index (χ0n) is 11.0. The Morgan fingerprint density at radius 1 is 1.11 bits per heavy atom. The van der Waals surface area contributed by atoms with Gasteiger partial charge in [0, 0.05) is 10.6 Å². The minimum Gasteiger partial charge on any atom is -0.496 e. The van der Waals surface area contributed by atoms with Crippen LogP contribution in [-0.4, -0.2) is 7.11 Å². The van der Waals surface area contributed by atoms with Crippen molar-refractivity contribution in [1.29, 1.82) is 0 Å². The fraction of sp³-hybridized carbons (Fsp3) is 0.250. The van der Waals surface area contributed by atoms with E-state index in [1.807, 2.05) is 12.1 Å². The summed E-state index contributed by atoms with van der Waals surface area (Å²) < 4.78 is 5.34. The van der Waals surface area contributed by atoms with Crippen LogP contribution in [0, 0.1) is 0 Å². The molecule has 0 aliphatic heterocycles. The first kappa shape index (κ1) is 14.2. The fourth-order valence-corrected chi connectivity index (χ4v) is 2.50. The zero-order chi connectivity index (χ0) is 13.8. The minimum absolute atomic E-state index is 0.264. The molecule has 0 aliphatic carbocycles. The monoisotopic (exact) mass is 294 g/mol. The van der Waals surface area contributed by atoms with Gasteiger partial charge in [-0.3, -0.25) is 0 Å². The van der Waals surface area contributed by atoms with Crippen molar-refractivity contribution < 1.29 is 4.74 Å². The lowest BCUT2D eigenvalue weighted by Crippen LogP contribution is -1.98. The highest BCUT2D eigenvalue weighted by molar-refractivity contribution is 6.31. The number of ether oxygens (including phenoxy) is 1. The van der Waals surface area contributed by atoms with Crippen LogP contribution in [0.4, 0.5) is 0 Å². The summed E-state index contributed by atoms with van der Waals surface area (Å²) in [5.74, 6) is 0.754. The Bertz CT molecular complexity index is 549. The van der Waals surface area contributed by atoms with Crippen LogP contribution in [0.3, 0.4) is 0 Å². The van der Waals surface area contributed by atoms with Crippen molar-refractivity contribution in [2.24, 2.45) is 0 Å². The molecule has 0 aromatic heterocycles. The third-order valence-electron chi connectivity index (χ3n) is 3.15. The summed E-state index contributed by atoms with van der Waals surface area (Å²) in [6, 6.07) is 13.8. The number of aryl methyl sites for hydroxylation is 1. The van der Waals surface area contributed by atoms with Crippen LogP contribution < -0.4 is 4.74 Å². The number of rotatable bonds is 4. The SMILES string of the molecule is CCc1ccc(C(Cl)c2cc(Cl)ccc2OC)cc1. The van der Waals surface area contributed by atoms with E-state index < -0.39 is 0 Å². The van der Waals surface area contributed by atoms with Crippen LogP contribution >= 0.6 is 23.2 Å². The molecule has 2 aromatic rings. The molecule has 2 aromatic carbocycles. The molecule has 0 saturated carbocycles. The smallest absolute Gasteiger partial charge is 0.123 e. The van der Waals surface area contributed by atoms with Gasteiger partial charge in [-0.05, 0) is 35.7 Å². The summed E-state index contributed by atoms with van der Waals surface area (Å²) in [6.07, 6.45) is 1.02. The molecule has 100 valence electrons. The maximum atomic E-state index is 6.54. The van der Waals surface area contributed by atoms with Crippen LogP contribution in [0.15, 0.2) is 42.5 Å². The topological polar surface area (TPSA) is 9.23 Å². The predicted octanol–water partition coefficient (Wildman–Crippen LogP) is 5.24. The highest BCUT2D eigenvalue weighted by Crippen LogP contribution is 2.36. The highest BCUT2D eigenvalue weighted by Gasteiger charge is 2.16. The van der Waals surface area contributed by atoms with Gasteiger partial charge in [-0.2, -0.15) is 0 Å². The summed E-state index contributed by atoms with van der Waals surface area (Å²) in [5, 5.41) is 0.395. The molecule has 0 bridgehead atoms. The van der Waals surface area contributed by atoms with Crippen LogP contribution in [0.1, 0.15) is 29.0 Å². The number of methoxy groups -OCH3 is 1. The molecule has 0 radical (unpaired) electrons. The molecule has 1 atom stereocenters. The molecule has 2 rings (SSSR count). The Labute approximate surface area is 124 Å². The number of halogens is 2. The van der Waals surface area contributed by atoms with Crippen molar-refractivity contribution in [3.8, 4) is 5.75 Å². The molecule has 0 saturated heterocycles. The third kappa shape index (κ3) is 3.23. The minimum atomic E-state index is -0.264. The molecule has 0 spiro atoms. The van der Waals surface area contributed by atoms with E-state index in [1.165, 1.54) is 5.56 Å². The Balaban J connectivity index is 2.36. The molecule has 1 unspecified atom stereocenters. The van der Waals surface area contributed by atoms with E-state index in [0.717, 1.165) is 23.3 Å². The van der Waals surface area contributed by atoms with E-state index in [9.17, 15) is 0 Å². The Hall–Kier alpha value is -1.18. The molecule has 0 aliphatic rings. The summed E-state index contributed by atoms with van der Waals surface area (Å²) in [7, 11) is 1.64. The van der Waals surface area contributed by atoms with Crippen molar-refractivity contribution in [2.75, 3.05) is 7.11 Å². The Morgan fingerprint density at radius 2 is 1.79 bits per heavy atom. The average molecular weight is 295 g/mol. The van der Waals surface area contributed by atoms with Gasteiger partial charge in [-0.25, -0.2) is 0 Å². The number of alkyl halides is 1. The van der Waals surface area contributed by atoms with Gasteiger partial charge in [-0.15, -0.1) is 11.6 Å². The largest absolute Gasteiger partial charge is 0.496 e. The molecule has 0 amide bonds. The van der Waals surface area contributed by atoms with Crippen LogP contribution in [0.5, 0.6) is 5.75 Å². The van der Waals surface area contributed by atoms with E-state index in [4.69, 9.17) is 27.9 Å². The van der Waals surface area contributed by atoms with E-state index in [1.54, 1.807) is 13.2 Å². The van der Waals surface area contributed by atoms with Crippen LogP contribution in [-0.2, 0) is 6.42 Å². The second-order valence-electron chi connectivity index (χ2n) is 4.34. The second-order valence-corrected chi connectivity index (χ2v) is 5.22. The first-order valence-corrected chi connectivity index (χ1v) is 7.03. The van der Waals surface area contributed by atoms with Gasteiger partial charge in [0.2, 0.25) is 0 Å². The summed E-state index contributed by atoms with van der Waals surface area (Å²) >= 11 is 12.6. The van der Waals surface area contributed by atoms with Crippen molar-refractivity contribution in [3.63, 3.8) is 0 Å². The summed E-state index contributed by atoms with van der Waals surface area (Å²) in [4.78, 5) is 0. The standard InChI is InChI=1S/C16H16Cl2O/c1-3-11-4-6-12(7-5-11)16(18)14-10-13(17)8-9-15(14)19-2/h4-10,16H,3H2,1-2H3. The Kier molecular flexibility index (Phi) is 4.73. The lowest BCUT2D eigenvalue weighted by Gasteiger charge is -2.15. The van der Waals surface area contributed by atoms with Gasteiger partial charge in [0.15, 0.2) is 0 Å². The quantitative estimate of drug-likeness (QED) is 0.701. The second kappa shape index (κ2) is 6.31. The summed E-state index contributed by atoms with van der Waals surface area (Å²) in [5.41, 5.74) is 3.23. The normalized spacial score (nSPS) is 12.2. The van der Waals surface area contributed by atoms with Gasteiger partial charge >= 0.3 is 0 Å². The molecule has 1 nitrogen and oxygen atoms in total. The maximum Gasteiger partial charge on any atom is 0.123 e. The first-order chi connectivity index (χ1) is 9.15. The lowest BCUT2D eigenvalue weighted by atomic mass is 10.0. The van der Waals surface area contributed by atoms with E-state index in [2.05, 4.69) is 31.2 Å². The van der Waals surface area contributed by atoms with E-state index >= 15 is 0 Å². The first-order valence-electron chi connectivity index (χ1n) is 6.22. The maximum absolute atomic E-state index is 6.54. The van der Waals surface area contributed by atoms with Gasteiger partial charge in [0.05, 0.1) is 12.5 Å². The molecule has 0 heterocycles. The predicted molar refractivity (Wildman–Crippen MR) is 81.5 cm³/mol. The van der Waals surface area contributed by atoms with Gasteiger partial charge < -0.3 is 4.74 Å². The molecule has 19 heavy (non-hydrogen) atoms. The molecule has 0 N–H and O–H groups in total. The van der Waals surface area contributed by atoms with Crippen molar-refractivity contribution in [1.82, 2.24) is 0 Å². The number of benzene rings is 2. The summed E-state index contributed by atoms with van der Waals surface area (Å²) in [6.45, 7) is 2.13. The molecule has 0 fully saturated rings. The van der Waals surface area contributed by atoms with Crippen molar-refractivity contribution >= 4 is 23.2 Å². The van der Waals surface area contributed by atoms with Gasteiger partial charge in [0.25, 0.3) is 0 Å². The zero-order valence-corrected chi connectivity index (χ0v) is 12.5. The van der Waals surface area contributed by atoms with Crippen LogP contribution in [0.25, 0.3) is 0 Å². The average Bonchev–Trinajstić information content (AvgIpc) is 2.46.